The lowest BCUT2D eigenvalue weighted by atomic mass is 9.94. The molecule has 14 heavy (non-hydrogen) atoms. The Labute approximate surface area is 86.5 Å². The maximum atomic E-state index is 10.9. The van der Waals surface area contributed by atoms with Crippen LogP contribution in [0.5, 0.6) is 0 Å². The van der Waals surface area contributed by atoms with Gasteiger partial charge in [-0.2, -0.15) is 0 Å². The number of carbonyl (C=O) groups is 1. The SMILES string of the molecule is CC(C)C[C@H](C)C(OC(C)C)C(=O)O. The molecule has 0 bridgehead atoms. The van der Waals surface area contributed by atoms with E-state index in [4.69, 9.17) is 9.84 Å². The number of ether oxygens (including phenoxy) is 1. The topological polar surface area (TPSA) is 46.5 Å². The van der Waals surface area contributed by atoms with Gasteiger partial charge in [0.25, 0.3) is 0 Å². The van der Waals surface area contributed by atoms with Crippen molar-refractivity contribution in [3.05, 3.63) is 0 Å². The van der Waals surface area contributed by atoms with Crippen LogP contribution in [0.3, 0.4) is 0 Å². The lowest BCUT2D eigenvalue weighted by Gasteiger charge is -2.23. The Balaban J connectivity index is 4.26. The maximum absolute atomic E-state index is 10.9. The quantitative estimate of drug-likeness (QED) is 0.720. The maximum Gasteiger partial charge on any atom is 0.333 e. The number of hydrogen-bond acceptors (Lipinski definition) is 2. The highest BCUT2D eigenvalue weighted by molar-refractivity contribution is 5.72. The number of carboxylic acid groups (broad SMARTS) is 1. The van der Waals surface area contributed by atoms with Gasteiger partial charge >= 0.3 is 5.97 Å². The Hall–Kier alpha value is -0.570. The molecule has 0 saturated carbocycles. The monoisotopic (exact) mass is 202 g/mol. The molecule has 0 aliphatic carbocycles. The van der Waals surface area contributed by atoms with Crippen molar-refractivity contribution in [2.75, 3.05) is 0 Å². The van der Waals surface area contributed by atoms with Gasteiger partial charge in [-0.25, -0.2) is 4.79 Å². The van der Waals surface area contributed by atoms with E-state index >= 15 is 0 Å². The molecule has 0 heterocycles. The minimum Gasteiger partial charge on any atom is -0.479 e. The lowest BCUT2D eigenvalue weighted by molar-refractivity contribution is -0.157. The molecule has 0 spiro atoms. The number of aliphatic carboxylic acids is 1. The van der Waals surface area contributed by atoms with Crippen molar-refractivity contribution in [2.24, 2.45) is 11.8 Å². The van der Waals surface area contributed by atoms with Crippen molar-refractivity contribution in [3.63, 3.8) is 0 Å². The summed E-state index contributed by atoms with van der Waals surface area (Å²) in [6.45, 7) is 9.83. The molecule has 0 fully saturated rings. The molecule has 1 unspecified atom stereocenters. The first-order valence-corrected chi connectivity index (χ1v) is 5.22. The first-order chi connectivity index (χ1) is 6.34. The summed E-state index contributed by atoms with van der Waals surface area (Å²) in [5.41, 5.74) is 0. The van der Waals surface area contributed by atoms with Gasteiger partial charge in [-0.15, -0.1) is 0 Å². The Morgan fingerprint density at radius 3 is 2.00 bits per heavy atom. The lowest BCUT2D eigenvalue weighted by Crippen LogP contribution is -2.33. The van der Waals surface area contributed by atoms with E-state index in [1.54, 1.807) is 0 Å². The molecule has 0 amide bonds. The van der Waals surface area contributed by atoms with E-state index in [1.165, 1.54) is 0 Å². The average molecular weight is 202 g/mol. The average Bonchev–Trinajstić information content (AvgIpc) is 1.97. The molecule has 3 heteroatoms. The second-order valence-electron chi connectivity index (χ2n) is 4.55. The molecular weight excluding hydrogens is 180 g/mol. The Morgan fingerprint density at radius 2 is 1.71 bits per heavy atom. The van der Waals surface area contributed by atoms with Crippen LogP contribution in [0.2, 0.25) is 0 Å². The minimum absolute atomic E-state index is 0.0364. The van der Waals surface area contributed by atoms with Gasteiger partial charge in [0.2, 0.25) is 0 Å². The summed E-state index contributed by atoms with van der Waals surface area (Å²) in [5, 5.41) is 8.98. The fourth-order valence-electron chi connectivity index (χ4n) is 1.60. The standard InChI is InChI=1S/C11H22O3/c1-7(2)6-9(5)10(11(12)13)14-8(3)4/h7-10H,6H2,1-5H3,(H,12,13)/t9-,10?/m0/s1. The van der Waals surface area contributed by atoms with E-state index < -0.39 is 12.1 Å². The van der Waals surface area contributed by atoms with Crippen molar-refractivity contribution >= 4 is 5.97 Å². The van der Waals surface area contributed by atoms with Crippen molar-refractivity contribution in [3.8, 4) is 0 Å². The highest BCUT2D eigenvalue weighted by atomic mass is 16.5. The van der Waals surface area contributed by atoms with Crippen LogP contribution < -0.4 is 0 Å². The molecule has 0 saturated heterocycles. The van der Waals surface area contributed by atoms with E-state index in [2.05, 4.69) is 13.8 Å². The van der Waals surface area contributed by atoms with Crippen LogP contribution in [0.4, 0.5) is 0 Å². The van der Waals surface area contributed by atoms with Gasteiger partial charge in [0.05, 0.1) is 6.10 Å². The zero-order chi connectivity index (χ0) is 11.3. The van der Waals surface area contributed by atoms with Crippen molar-refractivity contribution in [1.29, 1.82) is 0 Å². The number of rotatable bonds is 6. The molecule has 3 nitrogen and oxygen atoms in total. The molecule has 0 rings (SSSR count). The molecule has 0 aromatic carbocycles. The van der Waals surface area contributed by atoms with E-state index in [9.17, 15) is 4.79 Å². The molecule has 1 N–H and O–H groups in total. The zero-order valence-electron chi connectivity index (χ0n) is 9.78. The van der Waals surface area contributed by atoms with E-state index in [1.807, 2.05) is 20.8 Å². The minimum atomic E-state index is -0.855. The van der Waals surface area contributed by atoms with Crippen LogP contribution in [-0.2, 0) is 9.53 Å². The third kappa shape index (κ3) is 5.22. The third-order valence-electron chi connectivity index (χ3n) is 2.02. The summed E-state index contributed by atoms with van der Waals surface area (Å²) in [6, 6.07) is 0. The Morgan fingerprint density at radius 1 is 1.21 bits per heavy atom. The first kappa shape index (κ1) is 13.4. The van der Waals surface area contributed by atoms with E-state index in [-0.39, 0.29) is 12.0 Å². The first-order valence-electron chi connectivity index (χ1n) is 5.22. The summed E-state index contributed by atoms with van der Waals surface area (Å²) in [5.74, 6) is -0.288. The normalized spacial score (nSPS) is 15.9. The van der Waals surface area contributed by atoms with Crippen LogP contribution in [0.25, 0.3) is 0 Å². The van der Waals surface area contributed by atoms with Gasteiger partial charge in [0, 0.05) is 0 Å². The Bertz CT molecular complexity index is 175. The van der Waals surface area contributed by atoms with E-state index in [0.717, 1.165) is 6.42 Å². The summed E-state index contributed by atoms with van der Waals surface area (Å²) in [7, 11) is 0. The van der Waals surface area contributed by atoms with Crippen molar-refractivity contribution in [1.82, 2.24) is 0 Å². The van der Waals surface area contributed by atoms with E-state index in [0.29, 0.717) is 5.92 Å². The van der Waals surface area contributed by atoms with Crippen molar-refractivity contribution < 1.29 is 14.6 Å². The van der Waals surface area contributed by atoms with Crippen LogP contribution in [0.15, 0.2) is 0 Å². The predicted molar refractivity (Wildman–Crippen MR) is 56.3 cm³/mol. The van der Waals surface area contributed by atoms with Crippen LogP contribution in [0.1, 0.15) is 41.0 Å². The molecule has 2 atom stereocenters. The largest absolute Gasteiger partial charge is 0.479 e. The third-order valence-corrected chi connectivity index (χ3v) is 2.02. The molecule has 0 aromatic heterocycles. The fraction of sp³-hybridized carbons (Fsp3) is 0.909. The predicted octanol–water partition coefficient (Wildman–Crippen LogP) is 2.55. The van der Waals surface area contributed by atoms with Crippen LogP contribution in [0, 0.1) is 11.8 Å². The second-order valence-corrected chi connectivity index (χ2v) is 4.55. The highest BCUT2D eigenvalue weighted by Crippen LogP contribution is 2.18. The van der Waals surface area contributed by atoms with Gasteiger partial charge in [-0.05, 0) is 32.1 Å². The fourth-order valence-corrected chi connectivity index (χ4v) is 1.60. The van der Waals surface area contributed by atoms with Crippen molar-refractivity contribution in [2.45, 2.75) is 53.2 Å². The van der Waals surface area contributed by atoms with Gasteiger partial charge < -0.3 is 9.84 Å². The van der Waals surface area contributed by atoms with Gasteiger partial charge in [0.1, 0.15) is 0 Å². The molecule has 0 radical (unpaired) electrons. The molecular formula is C11H22O3. The van der Waals surface area contributed by atoms with Gasteiger partial charge in [0.15, 0.2) is 6.10 Å². The second kappa shape index (κ2) is 6.02. The van der Waals surface area contributed by atoms with Crippen LogP contribution in [-0.4, -0.2) is 23.3 Å². The van der Waals surface area contributed by atoms with Gasteiger partial charge in [-0.1, -0.05) is 20.8 Å². The molecule has 84 valence electrons. The summed E-state index contributed by atoms with van der Waals surface area (Å²) in [6.07, 6.45) is 0.173. The summed E-state index contributed by atoms with van der Waals surface area (Å²) in [4.78, 5) is 10.9. The highest BCUT2D eigenvalue weighted by Gasteiger charge is 2.26. The Kier molecular flexibility index (Phi) is 5.77. The van der Waals surface area contributed by atoms with Gasteiger partial charge in [-0.3, -0.25) is 0 Å². The molecule has 0 aliphatic rings. The molecule has 0 aliphatic heterocycles. The summed E-state index contributed by atoms with van der Waals surface area (Å²) < 4.78 is 5.37. The number of carboxylic acids is 1. The summed E-state index contributed by atoms with van der Waals surface area (Å²) >= 11 is 0. The number of hydrogen-bond donors (Lipinski definition) is 1. The smallest absolute Gasteiger partial charge is 0.333 e. The molecule has 0 aromatic rings. The zero-order valence-corrected chi connectivity index (χ0v) is 9.78. The van der Waals surface area contributed by atoms with Crippen LogP contribution >= 0.6 is 0 Å².